The Morgan fingerprint density at radius 2 is 1.85 bits per heavy atom. The summed E-state index contributed by atoms with van der Waals surface area (Å²) in [5.41, 5.74) is 1.51. The number of rotatable bonds is 11. The van der Waals surface area contributed by atoms with Crippen LogP contribution in [0.2, 0.25) is 0 Å². The summed E-state index contributed by atoms with van der Waals surface area (Å²) in [6, 6.07) is 2.92. The zero-order valence-electron chi connectivity index (χ0n) is 24.7. The lowest BCUT2D eigenvalue weighted by Gasteiger charge is -2.34. The molecule has 12 heteroatoms. The molecule has 1 unspecified atom stereocenters. The number of likely N-dealkylation sites (N-methyl/N-ethyl adjacent to an activating group) is 1. The van der Waals surface area contributed by atoms with Gasteiger partial charge in [-0.05, 0) is 57.0 Å². The molecule has 2 aliphatic rings. The highest BCUT2D eigenvalue weighted by molar-refractivity contribution is 7.80. The van der Waals surface area contributed by atoms with Crippen molar-refractivity contribution in [1.29, 1.82) is 0 Å². The van der Waals surface area contributed by atoms with Crippen LogP contribution in [0.5, 0.6) is 0 Å². The van der Waals surface area contributed by atoms with Crippen LogP contribution in [0.3, 0.4) is 0 Å². The topological polar surface area (TPSA) is 67.9 Å². The van der Waals surface area contributed by atoms with Gasteiger partial charge in [-0.15, -0.1) is 0 Å². The van der Waals surface area contributed by atoms with Crippen molar-refractivity contribution in [2.45, 2.75) is 66.1 Å². The minimum Gasteiger partial charge on any atom is -0.378 e. The van der Waals surface area contributed by atoms with Crippen LogP contribution in [0.15, 0.2) is 53.4 Å². The van der Waals surface area contributed by atoms with Gasteiger partial charge in [-0.1, -0.05) is 31.6 Å². The number of allylic oxidation sites excluding steroid dienone is 3. The third-order valence-corrected chi connectivity index (χ3v) is 8.00. The molecule has 230 valence electrons. The van der Waals surface area contributed by atoms with Crippen LogP contribution in [0.25, 0.3) is 0 Å². The fourth-order valence-corrected chi connectivity index (χ4v) is 5.44. The Balaban J connectivity index is 0.00000287. The molecule has 1 fully saturated rings. The molecule has 1 saturated heterocycles. The molecule has 2 atom stereocenters. The van der Waals surface area contributed by atoms with E-state index in [1.54, 1.807) is 11.9 Å². The first-order chi connectivity index (χ1) is 19.5. The number of hydrogen-bond acceptors (Lipinski definition) is 4. The molecule has 2 heterocycles. The molecule has 0 saturated carbocycles. The monoisotopic (exact) mass is 601 g/mol. The Bertz CT molecular complexity index is 1140. The summed E-state index contributed by atoms with van der Waals surface area (Å²) in [5, 5.41) is 3.10. The highest BCUT2D eigenvalue weighted by Crippen LogP contribution is 2.30. The van der Waals surface area contributed by atoms with Gasteiger partial charge in [0.25, 0.3) is 6.43 Å². The number of carbonyl (C=O) groups is 1. The van der Waals surface area contributed by atoms with E-state index >= 15 is 0 Å². The minimum absolute atomic E-state index is 0.0962. The summed E-state index contributed by atoms with van der Waals surface area (Å²) in [7, 11) is 1.70. The highest BCUT2D eigenvalue weighted by atomic mass is 32.2. The predicted molar refractivity (Wildman–Crippen MR) is 158 cm³/mol. The number of benzene rings is 1. The van der Waals surface area contributed by atoms with E-state index in [9.17, 15) is 26.6 Å². The first kappa shape index (κ1) is 34.5. The molecule has 0 radical (unpaired) electrons. The summed E-state index contributed by atoms with van der Waals surface area (Å²) < 4.78 is 70.5. The van der Waals surface area contributed by atoms with Crippen molar-refractivity contribution in [2.24, 2.45) is 0 Å². The first-order valence-corrected chi connectivity index (χ1v) is 15.1. The lowest BCUT2D eigenvalue weighted by atomic mass is 9.99. The average Bonchev–Trinajstić information content (AvgIpc) is 2.93. The molecule has 0 aromatic heterocycles. The zero-order valence-corrected chi connectivity index (χ0v) is 25.5. The van der Waals surface area contributed by atoms with Crippen molar-refractivity contribution in [3.8, 4) is 0 Å². The van der Waals surface area contributed by atoms with Crippen molar-refractivity contribution in [2.75, 3.05) is 45.1 Å². The lowest BCUT2D eigenvalue weighted by Crippen LogP contribution is -2.53. The third-order valence-electron chi connectivity index (χ3n) is 6.78. The zero-order chi connectivity index (χ0) is 30.7. The second-order valence-corrected chi connectivity index (χ2v) is 11.0. The van der Waals surface area contributed by atoms with Crippen LogP contribution in [0.4, 0.5) is 23.2 Å². The SMILES string of the molecule is CC.CCN(CCNS(=O)N1CC(F)C1)/C1=C/C/C([C@@H](C)Nc2ccc(F)cc2C(F)F)=C\C(C)=C/CC(=O)N1C. The average molecular weight is 602 g/mol. The van der Waals surface area contributed by atoms with E-state index in [0.717, 1.165) is 23.3 Å². The minimum atomic E-state index is -2.83. The van der Waals surface area contributed by atoms with Crippen molar-refractivity contribution in [3.05, 3.63) is 64.8 Å². The molecule has 0 aliphatic carbocycles. The normalized spacial score (nSPS) is 22.2. The van der Waals surface area contributed by atoms with Gasteiger partial charge < -0.3 is 15.1 Å². The van der Waals surface area contributed by atoms with Crippen molar-refractivity contribution in [3.63, 3.8) is 0 Å². The van der Waals surface area contributed by atoms with Crippen LogP contribution in [-0.4, -0.2) is 76.2 Å². The van der Waals surface area contributed by atoms with Crippen molar-refractivity contribution < 1.29 is 26.6 Å². The van der Waals surface area contributed by atoms with Gasteiger partial charge in [0.15, 0.2) is 11.2 Å². The van der Waals surface area contributed by atoms with Gasteiger partial charge in [0, 0.05) is 63.5 Å². The van der Waals surface area contributed by atoms with Gasteiger partial charge in [-0.2, -0.15) is 0 Å². The Kier molecular flexibility index (Phi) is 14.0. The maximum absolute atomic E-state index is 13.6. The molecule has 3 rings (SSSR count). The Morgan fingerprint density at radius 1 is 1.17 bits per heavy atom. The number of nitrogens with one attached hydrogen (secondary N) is 2. The van der Waals surface area contributed by atoms with E-state index in [4.69, 9.17) is 0 Å². The molecular formula is C29H43F4N5O2S. The summed E-state index contributed by atoms with van der Waals surface area (Å²) in [4.78, 5) is 16.5. The van der Waals surface area contributed by atoms with Gasteiger partial charge in [0.1, 0.15) is 17.8 Å². The van der Waals surface area contributed by atoms with E-state index in [2.05, 4.69) is 10.0 Å². The maximum Gasteiger partial charge on any atom is 0.265 e. The molecular weight excluding hydrogens is 558 g/mol. The largest absolute Gasteiger partial charge is 0.378 e. The number of hydrogen-bond donors (Lipinski definition) is 2. The maximum atomic E-state index is 13.6. The second-order valence-electron chi connectivity index (χ2n) is 9.66. The van der Waals surface area contributed by atoms with E-state index in [1.165, 1.54) is 10.4 Å². The molecule has 0 spiro atoms. The van der Waals surface area contributed by atoms with E-state index in [-0.39, 0.29) is 37.1 Å². The summed E-state index contributed by atoms with van der Waals surface area (Å²) in [6.07, 6.45) is 2.49. The summed E-state index contributed by atoms with van der Waals surface area (Å²) in [6.45, 7) is 11.3. The molecule has 2 aliphatic heterocycles. The molecule has 0 bridgehead atoms. The first-order valence-electron chi connectivity index (χ1n) is 14.0. The standard InChI is InChI=1S/C27H37F4N5O2S.C2H6/c1-5-35(13-12-32-39(38)36-16-22(29)17-36)25-10-7-20(14-18(2)6-11-26(37)34(25)4)19(3)33-24-9-8-21(28)15-23(24)27(30)31;1-2/h6,8-10,14-15,19,22,27,32-33H,5,7,11-13,16-17H2,1-4H3;1-2H3/b18-6-,20-14+,25-10+;/t19-,39?;/m1./s1. The van der Waals surface area contributed by atoms with Crippen LogP contribution in [0.1, 0.15) is 59.4 Å². The van der Waals surface area contributed by atoms with Crippen LogP contribution < -0.4 is 10.0 Å². The van der Waals surface area contributed by atoms with Gasteiger partial charge in [0.2, 0.25) is 5.91 Å². The number of alkyl halides is 3. The van der Waals surface area contributed by atoms with E-state index in [1.807, 2.05) is 57.7 Å². The van der Waals surface area contributed by atoms with Gasteiger partial charge in [0.05, 0.1) is 0 Å². The van der Waals surface area contributed by atoms with E-state index < -0.39 is 35.1 Å². The van der Waals surface area contributed by atoms with Crippen molar-refractivity contribution >= 4 is 22.8 Å². The number of halogens is 4. The fourth-order valence-electron chi connectivity index (χ4n) is 4.40. The molecule has 1 aromatic rings. The van der Waals surface area contributed by atoms with Crippen LogP contribution >= 0.6 is 0 Å². The molecule has 41 heavy (non-hydrogen) atoms. The smallest absolute Gasteiger partial charge is 0.265 e. The molecule has 1 aromatic carbocycles. The highest BCUT2D eigenvalue weighted by Gasteiger charge is 2.30. The molecule has 7 nitrogen and oxygen atoms in total. The Hall–Kier alpha value is -2.70. The third kappa shape index (κ3) is 9.96. The molecule has 1 amide bonds. The van der Waals surface area contributed by atoms with Crippen LogP contribution in [0, 0.1) is 5.82 Å². The second kappa shape index (κ2) is 16.7. The van der Waals surface area contributed by atoms with Gasteiger partial charge >= 0.3 is 0 Å². The number of carbonyl (C=O) groups excluding carboxylic acids is 1. The Labute approximate surface area is 244 Å². The lowest BCUT2D eigenvalue weighted by molar-refractivity contribution is -0.128. The quantitative estimate of drug-likeness (QED) is 0.320. The van der Waals surface area contributed by atoms with E-state index in [0.29, 0.717) is 31.9 Å². The van der Waals surface area contributed by atoms with Gasteiger partial charge in [-0.25, -0.2) is 30.8 Å². The number of amides is 1. The Morgan fingerprint density at radius 3 is 2.46 bits per heavy atom. The fraction of sp³-hybridized carbons (Fsp3) is 0.552. The summed E-state index contributed by atoms with van der Waals surface area (Å²) >= 11 is -1.48. The number of nitrogens with zero attached hydrogens (tertiary/aromatic N) is 3. The van der Waals surface area contributed by atoms with Crippen LogP contribution in [-0.2, 0) is 16.0 Å². The van der Waals surface area contributed by atoms with Gasteiger partial charge in [-0.3, -0.25) is 4.79 Å². The predicted octanol–water partition coefficient (Wildman–Crippen LogP) is 5.70. The molecule has 2 N–H and O–H groups in total. The van der Waals surface area contributed by atoms with Crippen molar-refractivity contribution in [1.82, 2.24) is 18.8 Å². The number of anilines is 1. The summed E-state index contributed by atoms with van der Waals surface area (Å²) in [5.74, 6) is -0.153.